The summed E-state index contributed by atoms with van der Waals surface area (Å²) in [6, 6.07) is 2.17. The fourth-order valence-corrected chi connectivity index (χ4v) is 2.48. The van der Waals surface area contributed by atoms with Crippen LogP contribution in [0.5, 0.6) is 0 Å². The van der Waals surface area contributed by atoms with Gasteiger partial charge in [0.05, 0.1) is 0 Å². The molecule has 1 aromatic carbocycles. The van der Waals surface area contributed by atoms with Crippen LogP contribution in [-0.2, 0) is 0 Å². The summed E-state index contributed by atoms with van der Waals surface area (Å²) in [4.78, 5) is 12.1. The Kier molecular flexibility index (Phi) is 5.47. The van der Waals surface area contributed by atoms with Gasteiger partial charge < -0.3 is 5.32 Å². The molecule has 0 saturated carbocycles. The molecule has 0 atom stereocenters. The maximum Gasteiger partial charge on any atom is 0.257 e. The summed E-state index contributed by atoms with van der Waals surface area (Å²) in [5.41, 5.74) is -0.939. The molecule has 0 bridgehead atoms. The van der Waals surface area contributed by atoms with Gasteiger partial charge in [-0.25, -0.2) is 8.78 Å². The van der Waals surface area contributed by atoms with Crippen LogP contribution < -0.4 is 5.32 Å². The van der Waals surface area contributed by atoms with Crippen LogP contribution in [0, 0.1) is 11.6 Å². The van der Waals surface area contributed by atoms with Crippen LogP contribution in [0.15, 0.2) is 16.6 Å². The molecule has 2 nitrogen and oxygen atoms in total. The smallest absolute Gasteiger partial charge is 0.257 e. The average Bonchev–Trinajstić information content (AvgIpc) is 2.35. The molecule has 1 aromatic rings. The van der Waals surface area contributed by atoms with Crippen molar-refractivity contribution in [2.75, 3.05) is 0 Å². The van der Waals surface area contributed by atoms with E-state index in [1.807, 2.05) is 20.8 Å². The predicted octanol–water partition coefficient (Wildman–Crippen LogP) is 4.43. The molecule has 0 radical (unpaired) electrons. The summed E-state index contributed by atoms with van der Waals surface area (Å²) in [6.07, 6.45) is 2.14. The lowest BCUT2D eigenvalue weighted by atomic mass is 9.89. The molecule has 0 fully saturated rings. The third-order valence-corrected chi connectivity index (χ3v) is 4.10. The van der Waals surface area contributed by atoms with Crippen molar-refractivity contribution in [1.82, 2.24) is 5.32 Å². The van der Waals surface area contributed by atoms with E-state index in [0.717, 1.165) is 12.1 Å². The number of hydrogen-bond donors (Lipinski definition) is 1. The van der Waals surface area contributed by atoms with Gasteiger partial charge in [0.1, 0.15) is 17.2 Å². The minimum absolute atomic E-state index is 0.270. The van der Waals surface area contributed by atoms with Gasteiger partial charge in [0.15, 0.2) is 0 Å². The van der Waals surface area contributed by atoms with Gasteiger partial charge in [0.2, 0.25) is 0 Å². The maximum atomic E-state index is 13.7. The molecular weight excluding hydrogens is 316 g/mol. The lowest BCUT2D eigenvalue weighted by molar-refractivity contribution is 0.0879. The molecule has 0 aliphatic carbocycles. The van der Waals surface area contributed by atoms with Crippen molar-refractivity contribution < 1.29 is 13.6 Å². The number of nitrogens with one attached hydrogen (secondary N) is 1. The second kappa shape index (κ2) is 6.46. The van der Waals surface area contributed by atoms with E-state index in [9.17, 15) is 13.6 Å². The van der Waals surface area contributed by atoms with Crippen LogP contribution >= 0.6 is 15.9 Å². The number of rotatable bonds is 5. The van der Waals surface area contributed by atoms with E-state index in [1.165, 1.54) is 0 Å². The first-order chi connectivity index (χ1) is 8.89. The summed E-state index contributed by atoms with van der Waals surface area (Å²) in [5, 5.41) is 2.76. The molecule has 106 valence electrons. The Labute approximate surface area is 120 Å². The van der Waals surface area contributed by atoms with Crippen molar-refractivity contribution in [3.05, 3.63) is 33.8 Å². The summed E-state index contributed by atoms with van der Waals surface area (Å²) >= 11 is 2.99. The molecule has 0 unspecified atom stereocenters. The van der Waals surface area contributed by atoms with Crippen LogP contribution in [0.25, 0.3) is 0 Å². The zero-order valence-electron chi connectivity index (χ0n) is 11.3. The van der Waals surface area contributed by atoms with Crippen molar-refractivity contribution >= 4 is 21.8 Å². The molecule has 0 aromatic heterocycles. The van der Waals surface area contributed by atoms with E-state index in [2.05, 4.69) is 21.2 Å². The van der Waals surface area contributed by atoms with Crippen molar-refractivity contribution in [2.24, 2.45) is 0 Å². The lowest BCUT2D eigenvalue weighted by Crippen LogP contribution is -2.47. The fourth-order valence-electron chi connectivity index (χ4n) is 2.08. The van der Waals surface area contributed by atoms with Gasteiger partial charge in [-0.05, 0) is 31.4 Å². The first-order valence-electron chi connectivity index (χ1n) is 6.36. The molecule has 0 spiro atoms. The first-order valence-corrected chi connectivity index (χ1v) is 7.15. The zero-order chi connectivity index (χ0) is 14.6. The number of hydrogen-bond acceptors (Lipinski definition) is 1. The van der Waals surface area contributed by atoms with Gasteiger partial charge >= 0.3 is 0 Å². The number of benzene rings is 1. The highest BCUT2D eigenvalue weighted by Gasteiger charge is 2.29. The normalized spacial score (nSPS) is 11.5. The number of carbonyl (C=O) groups excluding carboxylic acids is 1. The Morgan fingerprint density at radius 2 is 1.58 bits per heavy atom. The Morgan fingerprint density at radius 3 is 1.95 bits per heavy atom. The third kappa shape index (κ3) is 3.53. The monoisotopic (exact) mass is 333 g/mol. The highest BCUT2D eigenvalue weighted by atomic mass is 79.9. The molecule has 19 heavy (non-hydrogen) atoms. The van der Waals surface area contributed by atoms with Crippen LogP contribution in [0.3, 0.4) is 0 Å². The van der Waals surface area contributed by atoms with Gasteiger partial charge in [-0.1, -0.05) is 36.7 Å². The Balaban J connectivity index is 3.08. The largest absolute Gasteiger partial charge is 0.346 e. The number of carbonyl (C=O) groups is 1. The highest BCUT2D eigenvalue weighted by Crippen LogP contribution is 2.23. The molecule has 1 amide bonds. The Hall–Kier alpha value is -0.970. The summed E-state index contributed by atoms with van der Waals surface area (Å²) < 4.78 is 27.7. The summed E-state index contributed by atoms with van der Waals surface area (Å²) in [7, 11) is 0. The quantitative estimate of drug-likeness (QED) is 0.848. The summed E-state index contributed by atoms with van der Waals surface area (Å²) in [6.45, 7) is 5.84. The van der Waals surface area contributed by atoms with Crippen LogP contribution in [-0.4, -0.2) is 11.4 Å². The average molecular weight is 334 g/mol. The predicted molar refractivity (Wildman–Crippen MR) is 75.1 cm³/mol. The van der Waals surface area contributed by atoms with E-state index in [0.29, 0.717) is 19.3 Å². The van der Waals surface area contributed by atoms with E-state index >= 15 is 0 Å². The molecule has 0 heterocycles. The molecular formula is C14H18BrF2NO. The van der Waals surface area contributed by atoms with E-state index in [-0.39, 0.29) is 4.47 Å². The zero-order valence-corrected chi connectivity index (χ0v) is 12.9. The molecule has 0 aliphatic rings. The van der Waals surface area contributed by atoms with E-state index in [4.69, 9.17) is 0 Å². The lowest BCUT2D eigenvalue weighted by Gasteiger charge is -2.31. The first kappa shape index (κ1) is 16.1. The molecule has 5 heteroatoms. The third-order valence-electron chi connectivity index (χ3n) is 3.64. The van der Waals surface area contributed by atoms with Crippen molar-refractivity contribution in [3.8, 4) is 0 Å². The molecule has 0 aliphatic heterocycles. The van der Waals surface area contributed by atoms with Gasteiger partial charge in [-0.3, -0.25) is 4.79 Å². The molecule has 1 N–H and O–H groups in total. The highest BCUT2D eigenvalue weighted by molar-refractivity contribution is 9.10. The Bertz CT molecular complexity index is 441. The van der Waals surface area contributed by atoms with E-state index < -0.39 is 28.6 Å². The van der Waals surface area contributed by atoms with Gasteiger partial charge in [0.25, 0.3) is 5.91 Å². The van der Waals surface area contributed by atoms with Crippen LogP contribution in [0.1, 0.15) is 50.4 Å². The summed E-state index contributed by atoms with van der Waals surface area (Å²) in [5.74, 6) is -2.42. The van der Waals surface area contributed by atoms with Crippen LogP contribution in [0.4, 0.5) is 8.78 Å². The van der Waals surface area contributed by atoms with E-state index in [1.54, 1.807) is 0 Å². The minimum atomic E-state index is -0.860. The topological polar surface area (TPSA) is 29.1 Å². The molecule has 0 saturated heterocycles. The standard InChI is InChI=1S/C14H18BrF2NO/c1-4-14(5-2,6-3)18-13(19)12-10(16)7-9(15)8-11(12)17/h7-8H,4-6H2,1-3H3,(H,18,19). The van der Waals surface area contributed by atoms with Gasteiger partial charge in [-0.15, -0.1) is 0 Å². The number of halogens is 3. The molecule has 1 rings (SSSR count). The van der Waals surface area contributed by atoms with Gasteiger partial charge in [0, 0.05) is 10.0 Å². The van der Waals surface area contributed by atoms with Crippen molar-refractivity contribution in [2.45, 2.75) is 45.6 Å². The van der Waals surface area contributed by atoms with Gasteiger partial charge in [-0.2, -0.15) is 0 Å². The SMILES string of the molecule is CCC(CC)(CC)NC(=O)c1c(F)cc(Br)cc1F. The maximum absolute atomic E-state index is 13.7. The van der Waals surface area contributed by atoms with Crippen molar-refractivity contribution in [1.29, 1.82) is 0 Å². The minimum Gasteiger partial charge on any atom is -0.346 e. The van der Waals surface area contributed by atoms with Crippen LogP contribution in [0.2, 0.25) is 0 Å². The second-order valence-corrected chi connectivity index (χ2v) is 5.46. The Morgan fingerprint density at radius 1 is 1.16 bits per heavy atom. The fraction of sp³-hybridized carbons (Fsp3) is 0.500. The van der Waals surface area contributed by atoms with Crippen molar-refractivity contribution in [3.63, 3.8) is 0 Å². The number of amides is 1. The second-order valence-electron chi connectivity index (χ2n) is 4.54.